The normalized spacial score (nSPS) is 13.6. The fourth-order valence-corrected chi connectivity index (χ4v) is 5.38. The lowest BCUT2D eigenvalue weighted by molar-refractivity contribution is -0.134. The van der Waals surface area contributed by atoms with Gasteiger partial charge in [0.2, 0.25) is 0 Å². The number of amides is 1. The van der Waals surface area contributed by atoms with Crippen LogP contribution in [-0.2, 0) is 11.3 Å². The number of carbonyl (C=O) groups excluding carboxylic acids is 1. The number of carboxylic acids is 1. The summed E-state index contributed by atoms with van der Waals surface area (Å²) in [5.74, 6) is 0.515. The van der Waals surface area contributed by atoms with Crippen LogP contribution in [0.3, 0.4) is 0 Å². The van der Waals surface area contributed by atoms with Crippen LogP contribution in [0.5, 0.6) is 5.75 Å². The Morgan fingerprint density at radius 3 is 2.33 bits per heavy atom. The minimum absolute atomic E-state index is 0.171. The molecule has 0 radical (unpaired) electrons. The molecule has 2 aromatic heterocycles. The first kappa shape index (κ1) is 25.4. The summed E-state index contributed by atoms with van der Waals surface area (Å²) in [5, 5.41) is 10.4. The van der Waals surface area contributed by atoms with Crippen LogP contribution in [-0.4, -0.2) is 33.5 Å². The number of benzene rings is 2. The minimum atomic E-state index is -0.833. The Morgan fingerprint density at radius 1 is 1.06 bits per heavy atom. The lowest BCUT2D eigenvalue weighted by atomic mass is 9.84. The molecule has 1 saturated carbocycles. The van der Waals surface area contributed by atoms with Crippen LogP contribution >= 0.6 is 11.3 Å². The van der Waals surface area contributed by atoms with Crippen molar-refractivity contribution in [2.24, 2.45) is 0 Å². The third kappa shape index (κ3) is 6.51. The number of nitrogens with zero attached hydrogens (tertiary/aromatic N) is 2. The van der Waals surface area contributed by atoms with Gasteiger partial charge in [-0.05, 0) is 47.6 Å². The number of fused-ring (bicyclic) bond motifs is 1. The van der Waals surface area contributed by atoms with E-state index in [1.165, 1.54) is 43.2 Å². The largest absolute Gasteiger partial charge is 0.497 e. The molecule has 1 aliphatic rings. The predicted molar refractivity (Wildman–Crippen MR) is 142 cm³/mol. The number of nitrogens with one attached hydrogen (secondary N) is 1. The third-order valence-electron chi connectivity index (χ3n) is 6.27. The van der Waals surface area contributed by atoms with E-state index in [0.717, 1.165) is 34.0 Å². The number of imidazole rings is 1. The molecule has 2 heterocycles. The molecule has 1 amide bonds. The van der Waals surface area contributed by atoms with Gasteiger partial charge in [0.1, 0.15) is 11.4 Å². The van der Waals surface area contributed by atoms with Crippen LogP contribution in [0.25, 0.3) is 15.4 Å². The number of methoxy groups -OCH3 is 1. The minimum Gasteiger partial charge on any atom is -0.497 e. The average molecular weight is 506 g/mol. The molecule has 2 aromatic carbocycles. The Kier molecular flexibility index (Phi) is 8.38. The number of hydrogen-bond donors (Lipinski definition) is 2. The van der Waals surface area contributed by atoms with E-state index in [-0.39, 0.29) is 5.91 Å². The molecule has 2 N–H and O–H groups in total. The molecule has 7 nitrogen and oxygen atoms in total. The quantitative estimate of drug-likeness (QED) is 0.328. The second-order valence-corrected chi connectivity index (χ2v) is 9.93. The molecule has 4 aromatic rings. The van der Waals surface area contributed by atoms with Gasteiger partial charge < -0.3 is 15.2 Å². The average Bonchev–Trinajstić information content (AvgIpc) is 3.48. The number of carboxylic acid groups (broad SMARTS) is 1. The second-order valence-electron chi connectivity index (χ2n) is 8.92. The smallest absolute Gasteiger partial charge is 0.300 e. The second kappa shape index (κ2) is 11.9. The van der Waals surface area contributed by atoms with Crippen molar-refractivity contribution in [3.63, 3.8) is 0 Å². The highest BCUT2D eigenvalue weighted by molar-refractivity contribution is 7.20. The number of aromatic nitrogens is 2. The van der Waals surface area contributed by atoms with Gasteiger partial charge in [-0.25, -0.2) is 4.98 Å². The summed E-state index contributed by atoms with van der Waals surface area (Å²) < 4.78 is 7.11. The summed E-state index contributed by atoms with van der Waals surface area (Å²) >= 11 is 1.61. The van der Waals surface area contributed by atoms with E-state index < -0.39 is 5.97 Å². The number of rotatable bonds is 6. The first-order chi connectivity index (χ1) is 17.4. The molecule has 0 spiro atoms. The number of aliphatic carboxylic acids is 1. The van der Waals surface area contributed by atoms with Crippen molar-refractivity contribution in [1.29, 1.82) is 0 Å². The lowest BCUT2D eigenvalue weighted by Gasteiger charge is -2.22. The third-order valence-corrected chi connectivity index (χ3v) is 7.32. The zero-order chi connectivity index (χ0) is 25.5. The Bertz CT molecular complexity index is 1270. The van der Waals surface area contributed by atoms with E-state index in [0.29, 0.717) is 12.2 Å². The summed E-state index contributed by atoms with van der Waals surface area (Å²) in [6, 6.07) is 16.7. The molecule has 36 heavy (non-hydrogen) atoms. The molecule has 0 bridgehead atoms. The van der Waals surface area contributed by atoms with Gasteiger partial charge in [-0.2, -0.15) is 0 Å². The molecule has 0 aliphatic heterocycles. The van der Waals surface area contributed by atoms with Gasteiger partial charge >= 0.3 is 0 Å². The maximum Gasteiger partial charge on any atom is 0.300 e. The van der Waals surface area contributed by atoms with Gasteiger partial charge in [-0.3, -0.25) is 14.0 Å². The van der Waals surface area contributed by atoms with E-state index in [1.807, 2.05) is 28.7 Å². The molecule has 5 rings (SSSR count). The fourth-order valence-electron chi connectivity index (χ4n) is 4.41. The highest BCUT2D eigenvalue weighted by atomic mass is 32.1. The van der Waals surface area contributed by atoms with Crippen LogP contribution in [0.1, 0.15) is 66.6 Å². The van der Waals surface area contributed by atoms with E-state index in [1.54, 1.807) is 24.6 Å². The summed E-state index contributed by atoms with van der Waals surface area (Å²) in [5.41, 5.74) is 4.11. The number of ether oxygens (including phenoxy) is 1. The van der Waals surface area contributed by atoms with Gasteiger partial charge in [0.05, 0.1) is 12.0 Å². The van der Waals surface area contributed by atoms with Crippen molar-refractivity contribution < 1.29 is 19.4 Å². The number of hydrogen-bond acceptors (Lipinski definition) is 5. The molecule has 8 heteroatoms. The standard InChI is InChI=1S/C26H27N3O2S.C2H4O2/c1-31-22-13-7-18(8-14-22)15-27-25(30)23-16-29-17-24(32-26(29)28-23)21-11-9-20(10-12-21)19-5-3-2-4-6-19;1-2(3)4/h7-14,16-17,19H,2-6,15H2,1H3,(H,27,30);1H3,(H,3,4). The number of carbonyl (C=O) groups is 2. The maximum atomic E-state index is 12.5. The van der Waals surface area contributed by atoms with Crippen molar-refractivity contribution in [2.75, 3.05) is 7.11 Å². The Morgan fingerprint density at radius 2 is 1.72 bits per heavy atom. The molecular formula is C28H31N3O4S. The highest BCUT2D eigenvalue weighted by Crippen LogP contribution is 2.35. The van der Waals surface area contributed by atoms with Crippen LogP contribution in [0.4, 0.5) is 0 Å². The Hall–Kier alpha value is -3.65. The van der Waals surface area contributed by atoms with Gasteiger partial charge in [0.15, 0.2) is 4.96 Å². The molecule has 1 aliphatic carbocycles. The van der Waals surface area contributed by atoms with E-state index in [9.17, 15) is 4.79 Å². The number of thiazole rings is 1. The first-order valence-electron chi connectivity index (χ1n) is 12.1. The molecule has 0 saturated heterocycles. The molecule has 188 valence electrons. The summed E-state index contributed by atoms with van der Waals surface area (Å²) in [4.78, 5) is 28.1. The summed E-state index contributed by atoms with van der Waals surface area (Å²) in [7, 11) is 1.64. The molecule has 1 fully saturated rings. The van der Waals surface area contributed by atoms with Crippen molar-refractivity contribution in [2.45, 2.75) is 51.5 Å². The van der Waals surface area contributed by atoms with E-state index >= 15 is 0 Å². The van der Waals surface area contributed by atoms with Crippen molar-refractivity contribution in [1.82, 2.24) is 14.7 Å². The Balaban J connectivity index is 0.000000709. The summed E-state index contributed by atoms with van der Waals surface area (Å²) in [6.45, 7) is 1.53. The Labute approximate surface area is 214 Å². The monoisotopic (exact) mass is 505 g/mol. The molecular weight excluding hydrogens is 474 g/mol. The first-order valence-corrected chi connectivity index (χ1v) is 12.9. The van der Waals surface area contributed by atoms with Crippen molar-refractivity contribution >= 4 is 28.2 Å². The van der Waals surface area contributed by atoms with Crippen LogP contribution in [0.2, 0.25) is 0 Å². The van der Waals surface area contributed by atoms with Gasteiger partial charge in [-0.1, -0.05) is 67.0 Å². The highest BCUT2D eigenvalue weighted by Gasteiger charge is 2.16. The lowest BCUT2D eigenvalue weighted by Crippen LogP contribution is -2.23. The van der Waals surface area contributed by atoms with E-state index in [4.69, 9.17) is 14.6 Å². The van der Waals surface area contributed by atoms with Crippen molar-refractivity contribution in [3.05, 3.63) is 77.7 Å². The zero-order valence-corrected chi connectivity index (χ0v) is 21.4. The molecule has 0 unspecified atom stereocenters. The predicted octanol–water partition coefficient (Wildman–Crippen LogP) is 6.14. The van der Waals surface area contributed by atoms with Gasteiger partial charge in [0.25, 0.3) is 11.9 Å². The van der Waals surface area contributed by atoms with E-state index in [2.05, 4.69) is 40.8 Å². The van der Waals surface area contributed by atoms with Crippen molar-refractivity contribution in [3.8, 4) is 16.2 Å². The topological polar surface area (TPSA) is 92.9 Å². The fraction of sp³-hybridized carbons (Fsp3) is 0.321. The maximum absolute atomic E-state index is 12.5. The van der Waals surface area contributed by atoms with Crippen LogP contribution in [0, 0.1) is 0 Å². The summed E-state index contributed by atoms with van der Waals surface area (Å²) in [6.07, 6.45) is 10.6. The zero-order valence-electron chi connectivity index (χ0n) is 20.6. The van der Waals surface area contributed by atoms with Crippen LogP contribution in [0.15, 0.2) is 60.9 Å². The molecule has 0 atom stereocenters. The van der Waals surface area contributed by atoms with Gasteiger partial charge in [0, 0.05) is 25.9 Å². The van der Waals surface area contributed by atoms with Crippen LogP contribution < -0.4 is 10.1 Å². The van der Waals surface area contributed by atoms with Gasteiger partial charge in [-0.15, -0.1) is 0 Å². The SMILES string of the molecule is CC(=O)O.COc1ccc(CNC(=O)c2cn3cc(-c4ccc(C5CCCCC5)cc4)sc3n2)cc1.